The molecule has 0 saturated carbocycles. The Bertz CT molecular complexity index is 711. The second kappa shape index (κ2) is 9.36. The van der Waals surface area contributed by atoms with Crippen LogP contribution in [0.5, 0.6) is 5.75 Å². The van der Waals surface area contributed by atoms with E-state index in [9.17, 15) is 4.79 Å². The summed E-state index contributed by atoms with van der Waals surface area (Å²) in [5.74, 6) is 0.855. The Balaban J connectivity index is 1.71. The van der Waals surface area contributed by atoms with Crippen molar-refractivity contribution in [2.45, 2.75) is 4.90 Å². The molecular weight excluding hydrogens is 366 g/mol. The van der Waals surface area contributed by atoms with Crippen LogP contribution in [0.3, 0.4) is 0 Å². The highest BCUT2D eigenvalue weighted by Crippen LogP contribution is 2.20. The molecule has 0 aliphatic carbocycles. The summed E-state index contributed by atoms with van der Waals surface area (Å²) in [6, 6.07) is 14.6. The molecule has 2 aromatic rings. The number of hydrogen-bond donors (Lipinski definition) is 3. The smallest absolute Gasteiger partial charge is 0.248 e. The molecule has 2 aromatic carbocycles. The number of hydrazine groups is 1. The predicted octanol–water partition coefficient (Wildman–Crippen LogP) is 3.46. The maximum absolute atomic E-state index is 11.8. The summed E-state index contributed by atoms with van der Waals surface area (Å²) < 4.78 is 5.09. The van der Waals surface area contributed by atoms with Crippen LogP contribution in [0, 0.1) is 0 Å². The zero-order valence-electron chi connectivity index (χ0n) is 12.8. The highest BCUT2D eigenvalue weighted by molar-refractivity contribution is 8.00. The zero-order valence-corrected chi connectivity index (χ0v) is 15.2. The van der Waals surface area contributed by atoms with Gasteiger partial charge in [0.1, 0.15) is 5.75 Å². The van der Waals surface area contributed by atoms with Gasteiger partial charge in [0.25, 0.3) is 0 Å². The Hall–Kier alpha value is -1.96. The maximum Gasteiger partial charge on any atom is 0.248 e. The molecule has 0 atom stereocenters. The van der Waals surface area contributed by atoms with Gasteiger partial charge in [0.05, 0.1) is 12.9 Å². The van der Waals surface area contributed by atoms with Gasteiger partial charge in [-0.2, -0.15) is 0 Å². The van der Waals surface area contributed by atoms with Gasteiger partial charge in [0, 0.05) is 15.6 Å². The highest BCUT2D eigenvalue weighted by Gasteiger charge is 2.04. The van der Waals surface area contributed by atoms with Crippen molar-refractivity contribution in [3.05, 3.63) is 53.6 Å². The van der Waals surface area contributed by atoms with Crippen LogP contribution in [0.25, 0.3) is 0 Å². The molecule has 0 bridgehead atoms. The van der Waals surface area contributed by atoms with E-state index in [-0.39, 0.29) is 16.8 Å². The molecule has 8 heteroatoms. The lowest BCUT2D eigenvalue weighted by Gasteiger charge is -2.11. The summed E-state index contributed by atoms with van der Waals surface area (Å²) >= 11 is 12.4. The molecular formula is C16H16ClN3O2S2. The van der Waals surface area contributed by atoms with E-state index in [1.165, 1.54) is 11.8 Å². The molecule has 0 aliphatic rings. The number of methoxy groups -OCH3 is 1. The number of rotatable bonds is 5. The number of nitrogens with one attached hydrogen (secondary N) is 3. The van der Waals surface area contributed by atoms with Gasteiger partial charge in [-0.05, 0) is 54.7 Å². The van der Waals surface area contributed by atoms with Crippen LogP contribution in [0.15, 0.2) is 53.4 Å². The Morgan fingerprint density at radius 3 is 2.62 bits per heavy atom. The van der Waals surface area contributed by atoms with Crippen molar-refractivity contribution >= 4 is 52.3 Å². The number of carbonyl (C=O) groups is 1. The monoisotopic (exact) mass is 381 g/mol. The van der Waals surface area contributed by atoms with Crippen molar-refractivity contribution in [3.8, 4) is 5.75 Å². The number of thioether (sulfide) groups is 1. The van der Waals surface area contributed by atoms with Crippen LogP contribution < -0.4 is 20.9 Å². The third-order valence-corrected chi connectivity index (χ3v) is 4.28. The average Bonchev–Trinajstić information content (AvgIpc) is 2.58. The van der Waals surface area contributed by atoms with Gasteiger partial charge < -0.3 is 10.1 Å². The Morgan fingerprint density at radius 1 is 1.21 bits per heavy atom. The second-order valence-electron chi connectivity index (χ2n) is 4.60. The van der Waals surface area contributed by atoms with Crippen LogP contribution in [0.4, 0.5) is 5.69 Å². The number of thiocarbonyl (C=S) groups is 1. The van der Waals surface area contributed by atoms with Gasteiger partial charge in [0.15, 0.2) is 5.11 Å². The SMILES string of the molecule is COc1ccc(SCC(=O)NNC(=S)Nc2cccc(Cl)c2)cc1. The van der Waals surface area contributed by atoms with E-state index in [1.54, 1.807) is 25.3 Å². The van der Waals surface area contributed by atoms with Gasteiger partial charge in [-0.3, -0.25) is 15.6 Å². The van der Waals surface area contributed by atoms with Gasteiger partial charge >= 0.3 is 0 Å². The van der Waals surface area contributed by atoms with E-state index < -0.39 is 0 Å². The van der Waals surface area contributed by atoms with Gasteiger partial charge in [-0.1, -0.05) is 17.7 Å². The summed E-state index contributed by atoms with van der Waals surface area (Å²) in [5, 5.41) is 3.80. The van der Waals surface area contributed by atoms with E-state index >= 15 is 0 Å². The van der Waals surface area contributed by atoms with Crippen molar-refractivity contribution < 1.29 is 9.53 Å². The predicted molar refractivity (Wildman–Crippen MR) is 103 cm³/mol. The third kappa shape index (κ3) is 6.27. The van der Waals surface area contributed by atoms with E-state index in [0.717, 1.165) is 16.3 Å². The highest BCUT2D eigenvalue weighted by atomic mass is 35.5. The van der Waals surface area contributed by atoms with E-state index in [0.29, 0.717) is 5.02 Å². The molecule has 3 N–H and O–H groups in total. The second-order valence-corrected chi connectivity index (χ2v) is 6.50. The van der Waals surface area contributed by atoms with Gasteiger partial charge in [-0.25, -0.2) is 0 Å². The number of carbonyl (C=O) groups excluding carboxylic acids is 1. The van der Waals surface area contributed by atoms with Crippen LogP contribution in [-0.2, 0) is 4.79 Å². The largest absolute Gasteiger partial charge is 0.497 e. The number of hydrogen-bond acceptors (Lipinski definition) is 4. The van der Waals surface area contributed by atoms with Crippen molar-refractivity contribution in [2.24, 2.45) is 0 Å². The first-order valence-electron chi connectivity index (χ1n) is 6.95. The molecule has 0 spiro atoms. The fourth-order valence-corrected chi connectivity index (χ4v) is 2.77. The lowest BCUT2D eigenvalue weighted by molar-refractivity contribution is -0.119. The molecule has 0 aliphatic heterocycles. The lowest BCUT2D eigenvalue weighted by Crippen LogP contribution is -2.44. The molecule has 0 fully saturated rings. The Kier molecular flexibility index (Phi) is 7.17. The van der Waals surface area contributed by atoms with Crippen LogP contribution in [0.1, 0.15) is 0 Å². The molecule has 0 aromatic heterocycles. The maximum atomic E-state index is 11.8. The molecule has 126 valence electrons. The molecule has 2 rings (SSSR count). The fraction of sp³-hybridized carbons (Fsp3) is 0.125. The van der Waals surface area contributed by atoms with Crippen molar-refractivity contribution in [1.82, 2.24) is 10.9 Å². The average molecular weight is 382 g/mol. The molecule has 0 saturated heterocycles. The van der Waals surface area contributed by atoms with Crippen molar-refractivity contribution in [1.29, 1.82) is 0 Å². The minimum Gasteiger partial charge on any atom is -0.497 e. The van der Waals surface area contributed by atoms with Crippen LogP contribution in [0.2, 0.25) is 5.02 Å². The summed E-state index contributed by atoms with van der Waals surface area (Å²) in [7, 11) is 1.61. The summed E-state index contributed by atoms with van der Waals surface area (Å²) in [6.07, 6.45) is 0. The van der Waals surface area contributed by atoms with Crippen LogP contribution >= 0.6 is 35.6 Å². The molecule has 0 unspecified atom stereocenters. The van der Waals surface area contributed by atoms with Gasteiger partial charge in [0.2, 0.25) is 5.91 Å². The Labute approximate surface area is 155 Å². The summed E-state index contributed by atoms with van der Waals surface area (Å²) in [4.78, 5) is 12.8. The minimum absolute atomic E-state index is 0.189. The Morgan fingerprint density at radius 2 is 1.96 bits per heavy atom. The standard InChI is InChI=1S/C16H16ClN3O2S2/c1-22-13-5-7-14(8-6-13)24-10-15(21)19-20-16(23)18-12-4-2-3-11(17)9-12/h2-9H,10H2,1H3,(H,19,21)(H2,18,20,23). The lowest BCUT2D eigenvalue weighted by atomic mass is 10.3. The fourth-order valence-electron chi connectivity index (χ4n) is 1.71. The number of anilines is 1. The van der Waals surface area contributed by atoms with E-state index in [2.05, 4.69) is 16.2 Å². The van der Waals surface area contributed by atoms with E-state index in [1.807, 2.05) is 30.3 Å². The number of ether oxygens (including phenoxy) is 1. The molecule has 0 heterocycles. The molecule has 5 nitrogen and oxygen atoms in total. The zero-order chi connectivity index (χ0) is 17.4. The summed E-state index contributed by atoms with van der Waals surface area (Å²) in [5.41, 5.74) is 5.93. The molecule has 1 amide bonds. The number of benzene rings is 2. The molecule has 0 radical (unpaired) electrons. The normalized spacial score (nSPS) is 9.92. The first-order chi connectivity index (χ1) is 11.6. The minimum atomic E-state index is -0.189. The third-order valence-electron chi connectivity index (χ3n) is 2.83. The number of amides is 1. The molecule has 24 heavy (non-hydrogen) atoms. The van der Waals surface area contributed by atoms with Crippen molar-refractivity contribution in [2.75, 3.05) is 18.2 Å². The summed E-state index contributed by atoms with van der Waals surface area (Å²) in [6.45, 7) is 0. The van der Waals surface area contributed by atoms with E-state index in [4.69, 9.17) is 28.6 Å². The quantitative estimate of drug-likeness (QED) is 0.419. The number of halogens is 1. The van der Waals surface area contributed by atoms with Gasteiger partial charge in [-0.15, -0.1) is 11.8 Å². The first kappa shape index (κ1) is 18.4. The topological polar surface area (TPSA) is 62.4 Å². The first-order valence-corrected chi connectivity index (χ1v) is 8.72. The van der Waals surface area contributed by atoms with Crippen LogP contribution in [-0.4, -0.2) is 23.9 Å². The van der Waals surface area contributed by atoms with Crippen molar-refractivity contribution in [3.63, 3.8) is 0 Å².